The molecule has 0 aliphatic heterocycles. The van der Waals surface area contributed by atoms with Gasteiger partial charge in [-0.1, -0.05) is 12.1 Å². The van der Waals surface area contributed by atoms with Crippen molar-refractivity contribution in [1.82, 2.24) is 9.78 Å². The Balaban J connectivity index is 1.84. The molecule has 1 amide bonds. The van der Waals surface area contributed by atoms with E-state index in [2.05, 4.69) is 16.5 Å². The summed E-state index contributed by atoms with van der Waals surface area (Å²) < 4.78 is 39.3. The highest BCUT2D eigenvalue weighted by Gasteiger charge is 2.39. The lowest BCUT2D eigenvalue weighted by atomic mass is 9.84. The fourth-order valence-electron chi connectivity index (χ4n) is 3.50. The number of alkyl halides is 3. The number of carbonyl (C=O) groups excluding carboxylic acids is 1. The molecular formula is C19H20F3N5O3. The Labute approximate surface area is 169 Å². The number of amides is 1. The lowest BCUT2D eigenvalue weighted by molar-refractivity contribution is -0.206. The maximum absolute atomic E-state index is 12.6. The number of nitrogens with one attached hydrogen (secondary N) is 1. The number of aliphatic hydroxyl groups excluding tert-OH is 2. The van der Waals surface area contributed by atoms with Crippen molar-refractivity contribution < 1.29 is 28.2 Å². The maximum Gasteiger partial charge on any atom is 0.418 e. The van der Waals surface area contributed by atoms with Crippen molar-refractivity contribution in [3.05, 3.63) is 41.6 Å². The Hall–Kier alpha value is -3.10. The van der Waals surface area contributed by atoms with Crippen LogP contribution in [0.5, 0.6) is 0 Å². The molecule has 0 unspecified atom stereocenters. The van der Waals surface area contributed by atoms with Gasteiger partial charge in [0.25, 0.3) is 5.91 Å². The van der Waals surface area contributed by atoms with Gasteiger partial charge in [-0.15, -0.1) is 0 Å². The topological polar surface area (TPSA) is 137 Å². The first-order chi connectivity index (χ1) is 14.1. The zero-order valence-electron chi connectivity index (χ0n) is 15.7. The Morgan fingerprint density at radius 1 is 1.33 bits per heavy atom. The van der Waals surface area contributed by atoms with Crippen LogP contribution >= 0.6 is 0 Å². The number of nitrogens with zero attached hydrogens (tertiary/aromatic N) is 3. The molecule has 3 rings (SSSR count). The number of aliphatic hydroxyl groups is 2. The van der Waals surface area contributed by atoms with Gasteiger partial charge in [-0.05, 0) is 37.0 Å². The first kappa shape index (κ1) is 21.6. The first-order valence-electron chi connectivity index (χ1n) is 9.18. The molecule has 1 heterocycles. The van der Waals surface area contributed by atoms with Crippen LogP contribution in [0.4, 0.5) is 24.7 Å². The van der Waals surface area contributed by atoms with Crippen molar-refractivity contribution in [3.63, 3.8) is 0 Å². The van der Waals surface area contributed by atoms with E-state index >= 15 is 0 Å². The van der Waals surface area contributed by atoms with Gasteiger partial charge in [0, 0.05) is 11.9 Å². The number of nitriles is 1. The first-order valence-corrected chi connectivity index (χ1v) is 9.18. The molecule has 1 fully saturated rings. The van der Waals surface area contributed by atoms with Gasteiger partial charge in [-0.2, -0.15) is 23.5 Å². The Morgan fingerprint density at radius 3 is 2.57 bits per heavy atom. The van der Waals surface area contributed by atoms with E-state index in [4.69, 9.17) is 5.73 Å². The van der Waals surface area contributed by atoms with Gasteiger partial charge in [-0.3, -0.25) is 9.48 Å². The minimum atomic E-state index is -4.78. The molecule has 8 nitrogen and oxygen atoms in total. The van der Waals surface area contributed by atoms with E-state index < -0.39 is 30.2 Å². The lowest BCUT2D eigenvalue weighted by Gasteiger charge is -2.30. The maximum atomic E-state index is 12.6. The summed E-state index contributed by atoms with van der Waals surface area (Å²) in [5.74, 6) is -1.17. The fraction of sp³-hybridized carbons (Fsp3) is 0.421. The molecule has 2 aromatic rings. The highest BCUT2D eigenvalue weighted by Crippen LogP contribution is 2.35. The number of rotatable bonds is 5. The third kappa shape index (κ3) is 4.55. The molecule has 0 bridgehead atoms. The van der Waals surface area contributed by atoms with Gasteiger partial charge in [0.1, 0.15) is 5.56 Å². The summed E-state index contributed by atoms with van der Waals surface area (Å²) in [4.78, 5) is 11.8. The number of nitrogens with two attached hydrogens (primary N) is 1. The van der Waals surface area contributed by atoms with Gasteiger partial charge in [0.05, 0.1) is 24.1 Å². The molecule has 11 heteroatoms. The number of carbonyl (C=O) groups is 1. The molecule has 0 spiro atoms. The average molecular weight is 423 g/mol. The predicted octanol–water partition coefficient (Wildman–Crippen LogP) is 2.55. The molecule has 1 aromatic carbocycles. The van der Waals surface area contributed by atoms with Crippen molar-refractivity contribution in [3.8, 4) is 6.07 Å². The van der Waals surface area contributed by atoms with E-state index in [1.54, 1.807) is 0 Å². The predicted molar refractivity (Wildman–Crippen MR) is 99.5 cm³/mol. The van der Waals surface area contributed by atoms with Crippen molar-refractivity contribution in [2.45, 2.75) is 43.7 Å². The lowest BCUT2D eigenvalue weighted by Crippen LogP contribution is -2.29. The van der Waals surface area contributed by atoms with Gasteiger partial charge in [-0.25, -0.2) is 0 Å². The van der Waals surface area contributed by atoms with Crippen LogP contribution in [-0.4, -0.2) is 38.2 Å². The van der Waals surface area contributed by atoms with Crippen LogP contribution in [0.15, 0.2) is 30.5 Å². The van der Waals surface area contributed by atoms with E-state index in [1.807, 2.05) is 0 Å². The molecule has 160 valence electrons. The fourth-order valence-corrected chi connectivity index (χ4v) is 3.50. The number of primary amides is 1. The summed E-state index contributed by atoms with van der Waals surface area (Å²) in [5, 5.41) is 35.6. The molecule has 1 aliphatic carbocycles. The summed E-state index contributed by atoms with van der Waals surface area (Å²) in [5.41, 5.74) is 5.47. The second kappa shape index (κ2) is 8.33. The Kier molecular flexibility index (Phi) is 6.00. The average Bonchev–Trinajstić information content (AvgIpc) is 3.11. The summed E-state index contributed by atoms with van der Waals surface area (Å²) in [6.45, 7) is 0. The monoisotopic (exact) mass is 423 g/mol. The molecular weight excluding hydrogens is 403 g/mol. The minimum absolute atomic E-state index is 0.0530. The van der Waals surface area contributed by atoms with Crippen molar-refractivity contribution in [2.75, 3.05) is 5.32 Å². The van der Waals surface area contributed by atoms with Crippen LogP contribution in [0.1, 0.15) is 47.3 Å². The number of hydrogen-bond donors (Lipinski definition) is 4. The second-order valence-corrected chi connectivity index (χ2v) is 7.20. The summed E-state index contributed by atoms with van der Waals surface area (Å²) >= 11 is 0. The molecule has 1 aliphatic rings. The standard InChI is InChI=1S/C19H20F3N5O3/c20-19(21,22)16(29)10-1-3-12(4-2-10)25-18-14(17(24)30)9-27(26-18)15-6-5-13(28)7-11(15)8-23/h1-4,9,11,13,15-16,28-29H,5-7H2,(H2,24,30)(H,25,26)/t11-,13+,15+,16-/m1/s1. The molecule has 0 saturated heterocycles. The van der Waals surface area contributed by atoms with Gasteiger partial charge >= 0.3 is 6.18 Å². The quantitative estimate of drug-likeness (QED) is 0.583. The molecule has 30 heavy (non-hydrogen) atoms. The summed E-state index contributed by atoms with van der Waals surface area (Å²) in [6.07, 6.45) is -5.27. The van der Waals surface area contributed by atoms with Crippen LogP contribution in [0.3, 0.4) is 0 Å². The third-order valence-electron chi connectivity index (χ3n) is 5.09. The van der Waals surface area contributed by atoms with E-state index in [0.717, 1.165) is 12.1 Å². The van der Waals surface area contributed by atoms with E-state index in [9.17, 15) is 33.4 Å². The zero-order valence-corrected chi connectivity index (χ0v) is 15.7. The minimum Gasteiger partial charge on any atom is -0.393 e. The largest absolute Gasteiger partial charge is 0.418 e. The number of aromatic nitrogens is 2. The van der Waals surface area contributed by atoms with Crippen molar-refractivity contribution >= 4 is 17.4 Å². The summed E-state index contributed by atoms with van der Waals surface area (Å²) in [6, 6.07) is 6.63. The Morgan fingerprint density at radius 2 is 2.00 bits per heavy atom. The van der Waals surface area contributed by atoms with Crippen molar-refractivity contribution in [2.24, 2.45) is 11.7 Å². The van der Waals surface area contributed by atoms with Gasteiger partial charge < -0.3 is 21.3 Å². The van der Waals surface area contributed by atoms with Crippen LogP contribution in [0, 0.1) is 17.2 Å². The SMILES string of the molecule is N#C[C@H]1C[C@@H](O)CC[C@@H]1n1cc(C(N)=O)c(Nc2ccc([C@@H](O)C(F)(F)F)cc2)n1. The normalized spacial score (nSPS) is 22.9. The summed E-state index contributed by atoms with van der Waals surface area (Å²) in [7, 11) is 0. The highest BCUT2D eigenvalue weighted by molar-refractivity contribution is 5.98. The number of hydrogen-bond acceptors (Lipinski definition) is 6. The third-order valence-corrected chi connectivity index (χ3v) is 5.09. The molecule has 5 N–H and O–H groups in total. The van der Waals surface area contributed by atoms with E-state index in [0.29, 0.717) is 24.9 Å². The van der Waals surface area contributed by atoms with E-state index in [1.165, 1.54) is 23.0 Å². The van der Waals surface area contributed by atoms with Crippen LogP contribution in [0.25, 0.3) is 0 Å². The number of halogens is 3. The number of benzene rings is 1. The van der Waals surface area contributed by atoms with Crippen LogP contribution in [0.2, 0.25) is 0 Å². The Bertz CT molecular complexity index is 952. The molecule has 0 radical (unpaired) electrons. The second-order valence-electron chi connectivity index (χ2n) is 7.20. The van der Waals surface area contributed by atoms with Gasteiger partial charge in [0.15, 0.2) is 11.9 Å². The van der Waals surface area contributed by atoms with Crippen LogP contribution < -0.4 is 11.1 Å². The molecule has 1 aromatic heterocycles. The molecule has 4 atom stereocenters. The van der Waals surface area contributed by atoms with Gasteiger partial charge in [0.2, 0.25) is 0 Å². The number of anilines is 2. The molecule has 1 saturated carbocycles. The zero-order chi connectivity index (χ0) is 22.1. The highest BCUT2D eigenvalue weighted by atomic mass is 19.4. The van der Waals surface area contributed by atoms with Crippen molar-refractivity contribution in [1.29, 1.82) is 5.26 Å². The van der Waals surface area contributed by atoms with E-state index in [-0.39, 0.29) is 23.0 Å². The van der Waals surface area contributed by atoms with Crippen LogP contribution in [-0.2, 0) is 0 Å². The smallest absolute Gasteiger partial charge is 0.393 e.